The van der Waals surface area contributed by atoms with Crippen molar-refractivity contribution in [1.82, 2.24) is 0 Å². The Bertz CT molecular complexity index is 122. The van der Waals surface area contributed by atoms with Crippen LogP contribution < -0.4 is 0 Å². The van der Waals surface area contributed by atoms with E-state index >= 15 is 0 Å². The molecule has 0 bridgehead atoms. The highest BCUT2D eigenvalue weighted by Gasteiger charge is 1.89. The molecule has 0 radical (unpaired) electrons. The molecule has 0 fully saturated rings. The molecule has 0 saturated carbocycles. The zero-order chi connectivity index (χ0) is 9.94. The molecule has 0 rings (SSSR count). The van der Waals surface area contributed by atoms with Gasteiger partial charge in [0.25, 0.3) is 0 Å². The molecule has 0 unspecified atom stereocenters. The first-order chi connectivity index (χ1) is 6.31. The second-order valence-electron chi connectivity index (χ2n) is 3.96. The van der Waals surface area contributed by atoms with Gasteiger partial charge in [-0.05, 0) is 26.2 Å². The Morgan fingerprint density at radius 3 is 2.15 bits per heavy atom. The van der Waals surface area contributed by atoms with Crippen LogP contribution in [0.5, 0.6) is 0 Å². The summed E-state index contributed by atoms with van der Waals surface area (Å²) in [6.07, 6.45) is 13.4. The summed E-state index contributed by atoms with van der Waals surface area (Å²) in [5.74, 6) is 0. The van der Waals surface area contributed by atoms with Crippen molar-refractivity contribution in [2.24, 2.45) is 0 Å². The van der Waals surface area contributed by atoms with E-state index in [-0.39, 0.29) is 0 Å². The lowest BCUT2D eigenvalue weighted by Gasteiger charge is -1.99. The van der Waals surface area contributed by atoms with Gasteiger partial charge in [-0.3, -0.25) is 0 Å². The van der Waals surface area contributed by atoms with E-state index in [2.05, 4.69) is 26.8 Å². The maximum absolute atomic E-state index is 2.40. The molecule has 0 amide bonds. The van der Waals surface area contributed by atoms with Crippen LogP contribution in [0.25, 0.3) is 0 Å². The number of hydrogen-bond acceptors (Lipinski definition) is 0. The molecule has 78 valence electrons. The fourth-order valence-electron chi connectivity index (χ4n) is 1.42. The average molecular weight is 182 g/mol. The molecule has 0 nitrogen and oxygen atoms in total. The van der Waals surface area contributed by atoms with Crippen molar-refractivity contribution in [3.8, 4) is 0 Å². The van der Waals surface area contributed by atoms with Gasteiger partial charge < -0.3 is 0 Å². The summed E-state index contributed by atoms with van der Waals surface area (Å²) in [6.45, 7) is 6.73. The lowest BCUT2D eigenvalue weighted by atomic mass is 10.1. The topological polar surface area (TPSA) is 0 Å². The lowest BCUT2D eigenvalue weighted by molar-refractivity contribution is 0.610. The normalized spacial score (nSPS) is 12.1. The highest BCUT2D eigenvalue weighted by Crippen LogP contribution is 2.09. The molecule has 13 heavy (non-hydrogen) atoms. The Hall–Kier alpha value is -0.260. The summed E-state index contributed by atoms with van der Waals surface area (Å²) < 4.78 is 0. The Morgan fingerprint density at radius 2 is 1.54 bits per heavy atom. The third-order valence-corrected chi connectivity index (χ3v) is 2.61. The average Bonchev–Trinajstić information content (AvgIpc) is 2.16. The van der Waals surface area contributed by atoms with Crippen LogP contribution in [0.15, 0.2) is 11.6 Å². The summed E-state index contributed by atoms with van der Waals surface area (Å²) in [5.41, 5.74) is 1.55. The van der Waals surface area contributed by atoms with Crippen LogP contribution in [-0.2, 0) is 0 Å². The van der Waals surface area contributed by atoms with Crippen LogP contribution >= 0.6 is 0 Å². The molecule has 0 aliphatic carbocycles. The molecule has 0 aromatic heterocycles. The Morgan fingerprint density at radius 1 is 0.923 bits per heavy atom. The molecule has 0 aliphatic heterocycles. The van der Waals surface area contributed by atoms with Gasteiger partial charge in [-0.25, -0.2) is 0 Å². The molecule has 0 aromatic carbocycles. The number of unbranched alkanes of at least 4 members (excludes halogenated alkanes) is 6. The molecule has 0 N–H and O–H groups in total. The number of hydrogen-bond donors (Lipinski definition) is 0. The maximum Gasteiger partial charge on any atom is -0.0348 e. The summed E-state index contributed by atoms with van der Waals surface area (Å²) in [5, 5.41) is 0. The minimum atomic E-state index is 1.22. The van der Waals surface area contributed by atoms with Crippen LogP contribution in [0.4, 0.5) is 0 Å². The second kappa shape index (κ2) is 9.83. The van der Waals surface area contributed by atoms with E-state index in [9.17, 15) is 0 Å². The molecule has 0 aliphatic rings. The SMILES string of the molecule is CCCCCCCC/C=C(\C)CC. The fourth-order valence-corrected chi connectivity index (χ4v) is 1.42. The van der Waals surface area contributed by atoms with E-state index in [1.807, 2.05) is 0 Å². The zero-order valence-corrected chi connectivity index (χ0v) is 9.73. The Kier molecular flexibility index (Phi) is 9.63. The monoisotopic (exact) mass is 182 g/mol. The molecule has 0 heteroatoms. The van der Waals surface area contributed by atoms with E-state index in [0.29, 0.717) is 0 Å². The van der Waals surface area contributed by atoms with Gasteiger partial charge in [0.15, 0.2) is 0 Å². The molecule has 0 spiro atoms. The first-order valence-corrected chi connectivity index (χ1v) is 5.96. The van der Waals surface area contributed by atoms with Gasteiger partial charge in [0.1, 0.15) is 0 Å². The van der Waals surface area contributed by atoms with Crippen LogP contribution in [-0.4, -0.2) is 0 Å². The third kappa shape index (κ3) is 9.66. The van der Waals surface area contributed by atoms with Crippen molar-refractivity contribution in [3.05, 3.63) is 11.6 Å². The van der Waals surface area contributed by atoms with Gasteiger partial charge in [0.2, 0.25) is 0 Å². The minimum Gasteiger partial charge on any atom is -0.0856 e. The largest absolute Gasteiger partial charge is 0.0856 e. The first kappa shape index (κ1) is 12.7. The first-order valence-electron chi connectivity index (χ1n) is 5.96. The Labute approximate surface area is 84.4 Å². The lowest BCUT2D eigenvalue weighted by Crippen LogP contribution is -1.79. The van der Waals surface area contributed by atoms with Crippen molar-refractivity contribution < 1.29 is 0 Å². The fraction of sp³-hybridized carbons (Fsp3) is 0.846. The zero-order valence-electron chi connectivity index (χ0n) is 9.73. The third-order valence-electron chi connectivity index (χ3n) is 2.61. The van der Waals surface area contributed by atoms with E-state index in [1.54, 1.807) is 5.57 Å². The molecule has 0 heterocycles. The van der Waals surface area contributed by atoms with Crippen LogP contribution in [0, 0.1) is 0 Å². The number of rotatable bonds is 8. The Balaban J connectivity index is 3.08. The standard InChI is InChI=1S/C13H26/c1-4-6-7-8-9-10-11-12-13(3)5-2/h12H,4-11H2,1-3H3/b13-12+. The second-order valence-corrected chi connectivity index (χ2v) is 3.96. The smallest absolute Gasteiger partial charge is 0.0348 e. The van der Waals surface area contributed by atoms with Crippen LogP contribution in [0.2, 0.25) is 0 Å². The summed E-state index contributed by atoms with van der Waals surface area (Å²) in [6, 6.07) is 0. The van der Waals surface area contributed by atoms with Crippen molar-refractivity contribution >= 4 is 0 Å². The maximum atomic E-state index is 2.40. The van der Waals surface area contributed by atoms with Crippen molar-refractivity contribution in [2.45, 2.75) is 72.1 Å². The van der Waals surface area contributed by atoms with Gasteiger partial charge in [0, 0.05) is 0 Å². The number of allylic oxidation sites excluding steroid dienone is 2. The highest BCUT2D eigenvalue weighted by atomic mass is 14.0. The summed E-state index contributed by atoms with van der Waals surface area (Å²) >= 11 is 0. The van der Waals surface area contributed by atoms with Crippen molar-refractivity contribution in [2.75, 3.05) is 0 Å². The van der Waals surface area contributed by atoms with Crippen LogP contribution in [0.1, 0.15) is 72.1 Å². The molecule has 0 atom stereocenters. The minimum absolute atomic E-state index is 1.22. The van der Waals surface area contributed by atoms with Crippen molar-refractivity contribution in [3.63, 3.8) is 0 Å². The van der Waals surface area contributed by atoms with Gasteiger partial charge >= 0.3 is 0 Å². The van der Waals surface area contributed by atoms with Gasteiger partial charge in [0.05, 0.1) is 0 Å². The van der Waals surface area contributed by atoms with Crippen molar-refractivity contribution in [1.29, 1.82) is 0 Å². The van der Waals surface area contributed by atoms with Crippen LogP contribution in [0.3, 0.4) is 0 Å². The van der Waals surface area contributed by atoms with Gasteiger partial charge in [-0.2, -0.15) is 0 Å². The predicted octanol–water partition coefficient (Wildman–Crippen LogP) is 5.09. The highest BCUT2D eigenvalue weighted by molar-refractivity contribution is 4.96. The summed E-state index contributed by atoms with van der Waals surface area (Å²) in [7, 11) is 0. The quantitative estimate of drug-likeness (QED) is 0.362. The van der Waals surface area contributed by atoms with Gasteiger partial charge in [-0.1, -0.05) is 57.6 Å². The van der Waals surface area contributed by atoms with E-state index in [4.69, 9.17) is 0 Å². The molecular formula is C13H26. The molecule has 0 aromatic rings. The van der Waals surface area contributed by atoms with E-state index < -0.39 is 0 Å². The predicted molar refractivity (Wildman–Crippen MR) is 62.0 cm³/mol. The molecule has 0 saturated heterocycles. The summed E-state index contributed by atoms with van der Waals surface area (Å²) in [4.78, 5) is 0. The van der Waals surface area contributed by atoms with E-state index in [1.165, 1.54) is 51.4 Å². The molecular weight excluding hydrogens is 156 g/mol. The van der Waals surface area contributed by atoms with Gasteiger partial charge in [-0.15, -0.1) is 0 Å². The van der Waals surface area contributed by atoms with E-state index in [0.717, 1.165) is 0 Å².